The van der Waals surface area contributed by atoms with Gasteiger partial charge in [0.05, 0.1) is 6.04 Å². The minimum atomic E-state index is -0.484. The van der Waals surface area contributed by atoms with Crippen LogP contribution >= 0.6 is 0 Å². The number of likely N-dealkylation sites (tertiary alicyclic amines) is 2. The van der Waals surface area contributed by atoms with Crippen molar-refractivity contribution in [2.45, 2.75) is 52.2 Å². The molecule has 2 saturated heterocycles. The molecule has 0 atom stereocenters. The van der Waals surface area contributed by atoms with E-state index in [0.717, 1.165) is 25.9 Å². The van der Waals surface area contributed by atoms with Crippen molar-refractivity contribution in [3.8, 4) is 0 Å². The quantitative estimate of drug-likeness (QED) is 0.576. The summed E-state index contributed by atoms with van der Waals surface area (Å²) in [7, 11) is 0. The summed E-state index contributed by atoms with van der Waals surface area (Å²) in [5.41, 5.74) is -0.484. The third-order valence-corrected chi connectivity index (χ3v) is 4.05. The van der Waals surface area contributed by atoms with Crippen LogP contribution in [0.1, 0.15) is 40.5 Å². The zero-order valence-corrected chi connectivity index (χ0v) is 15.8. The first kappa shape index (κ1) is 19.3. The molecule has 2 aliphatic heterocycles. The van der Waals surface area contributed by atoms with Crippen LogP contribution in [0, 0.1) is 0 Å². The Morgan fingerprint density at radius 3 is 2.36 bits per heavy atom. The predicted molar refractivity (Wildman–Crippen MR) is 96.5 cm³/mol. The maximum absolute atomic E-state index is 12.1. The van der Waals surface area contributed by atoms with Crippen molar-refractivity contribution in [2.75, 3.05) is 39.3 Å². The van der Waals surface area contributed by atoms with Gasteiger partial charge in [-0.05, 0) is 40.5 Å². The molecule has 2 N–H and O–H groups in total. The second-order valence-corrected chi connectivity index (χ2v) is 7.51. The second kappa shape index (κ2) is 8.40. The molecule has 0 aliphatic carbocycles. The summed E-state index contributed by atoms with van der Waals surface area (Å²) >= 11 is 0. The summed E-state index contributed by atoms with van der Waals surface area (Å²) in [5.74, 6) is 0.683. The van der Waals surface area contributed by atoms with Crippen molar-refractivity contribution in [1.29, 1.82) is 0 Å². The van der Waals surface area contributed by atoms with Crippen LogP contribution in [-0.2, 0) is 9.53 Å². The van der Waals surface area contributed by atoms with Gasteiger partial charge in [-0.3, -0.25) is 4.79 Å². The van der Waals surface area contributed by atoms with Crippen molar-refractivity contribution < 1.29 is 14.3 Å². The molecule has 0 aromatic heterocycles. The Bertz CT molecular complexity index is 503. The third-order valence-electron chi connectivity index (χ3n) is 4.05. The summed E-state index contributed by atoms with van der Waals surface area (Å²) in [5, 5.41) is 6.41. The van der Waals surface area contributed by atoms with Gasteiger partial charge in [-0.25, -0.2) is 9.79 Å². The van der Waals surface area contributed by atoms with Gasteiger partial charge in [-0.1, -0.05) is 0 Å². The van der Waals surface area contributed by atoms with Gasteiger partial charge in [0.2, 0.25) is 5.91 Å². The van der Waals surface area contributed by atoms with Crippen molar-refractivity contribution in [3.05, 3.63) is 0 Å². The molecular formula is C17H31N5O3. The largest absolute Gasteiger partial charge is 0.444 e. The maximum Gasteiger partial charge on any atom is 0.410 e. The third kappa shape index (κ3) is 6.10. The van der Waals surface area contributed by atoms with E-state index in [1.807, 2.05) is 32.6 Å². The SMILES string of the molecule is CCNC(=NCC(=O)N1CCCC1)NC1CN(C(=O)OC(C)(C)C)C1. The number of hydrogen-bond donors (Lipinski definition) is 2. The average molecular weight is 353 g/mol. The lowest BCUT2D eigenvalue weighted by Gasteiger charge is -2.40. The number of hydrogen-bond acceptors (Lipinski definition) is 4. The minimum absolute atomic E-state index is 0.0682. The molecular weight excluding hydrogens is 322 g/mol. The van der Waals surface area contributed by atoms with Gasteiger partial charge in [-0.15, -0.1) is 0 Å². The monoisotopic (exact) mass is 353 g/mol. The van der Waals surface area contributed by atoms with Crippen molar-refractivity contribution in [1.82, 2.24) is 20.4 Å². The van der Waals surface area contributed by atoms with Gasteiger partial charge >= 0.3 is 6.09 Å². The molecule has 0 radical (unpaired) electrons. The number of nitrogens with one attached hydrogen (secondary N) is 2. The normalized spacial score (nSPS) is 18.8. The van der Waals surface area contributed by atoms with Gasteiger partial charge in [0.25, 0.3) is 0 Å². The number of amides is 2. The first-order chi connectivity index (χ1) is 11.8. The van der Waals surface area contributed by atoms with E-state index in [4.69, 9.17) is 4.74 Å². The molecule has 2 rings (SSSR count). The molecule has 142 valence electrons. The van der Waals surface area contributed by atoms with E-state index in [9.17, 15) is 9.59 Å². The fraction of sp³-hybridized carbons (Fsp3) is 0.824. The van der Waals surface area contributed by atoms with E-state index < -0.39 is 5.60 Å². The number of ether oxygens (including phenoxy) is 1. The standard InChI is InChI=1S/C17H31N5O3/c1-5-18-15(19-10-14(23)21-8-6-7-9-21)20-13-11-22(12-13)16(24)25-17(2,3)4/h13H,5-12H2,1-4H3,(H2,18,19,20). The Kier molecular flexibility index (Phi) is 6.50. The first-order valence-electron chi connectivity index (χ1n) is 9.09. The fourth-order valence-corrected chi connectivity index (χ4v) is 2.77. The molecule has 8 heteroatoms. The molecule has 0 bridgehead atoms. The van der Waals surface area contributed by atoms with Crippen LogP contribution < -0.4 is 10.6 Å². The highest BCUT2D eigenvalue weighted by Gasteiger charge is 2.34. The Hall–Kier alpha value is -1.99. The number of aliphatic imine (C=N–C) groups is 1. The number of guanidine groups is 1. The lowest BCUT2D eigenvalue weighted by Crippen LogP contribution is -2.63. The molecule has 0 aromatic carbocycles. The molecule has 2 amide bonds. The number of carbonyl (C=O) groups is 2. The van der Waals surface area contributed by atoms with Crippen LogP contribution in [0.4, 0.5) is 4.79 Å². The molecule has 8 nitrogen and oxygen atoms in total. The summed E-state index contributed by atoms with van der Waals surface area (Å²) < 4.78 is 5.34. The van der Waals surface area contributed by atoms with Crippen LogP contribution in [0.25, 0.3) is 0 Å². The van der Waals surface area contributed by atoms with Gasteiger partial charge in [0.1, 0.15) is 12.1 Å². The van der Waals surface area contributed by atoms with Gasteiger partial charge in [0.15, 0.2) is 5.96 Å². The zero-order chi connectivity index (χ0) is 18.4. The summed E-state index contributed by atoms with van der Waals surface area (Å²) in [6.07, 6.45) is 1.86. The number of carbonyl (C=O) groups excluding carboxylic acids is 2. The molecule has 25 heavy (non-hydrogen) atoms. The van der Waals surface area contributed by atoms with E-state index in [0.29, 0.717) is 25.6 Å². The first-order valence-corrected chi connectivity index (χ1v) is 9.09. The van der Waals surface area contributed by atoms with Crippen LogP contribution in [0.3, 0.4) is 0 Å². The topological polar surface area (TPSA) is 86.3 Å². The highest BCUT2D eigenvalue weighted by Crippen LogP contribution is 2.15. The van der Waals surface area contributed by atoms with Crippen LogP contribution in [0.5, 0.6) is 0 Å². The highest BCUT2D eigenvalue weighted by atomic mass is 16.6. The average Bonchev–Trinajstić information content (AvgIpc) is 2.99. The van der Waals surface area contributed by atoms with Crippen LogP contribution in [-0.4, -0.2) is 78.7 Å². The Balaban J connectivity index is 1.77. The smallest absolute Gasteiger partial charge is 0.410 e. The maximum atomic E-state index is 12.1. The van der Waals surface area contributed by atoms with Gasteiger partial charge < -0.3 is 25.2 Å². The molecule has 2 fully saturated rings. The van der Waals surface area contributed by atoms with E-state index in [1.54, 1.807) is 4.90 Å². The van der Waals surface area contributed by atoms with Crippen molar-refractivity contribution >= 4 is 18.0 Å². The van der Waals surface area contributed by atoms with E-state index in [-0.39, 0.29) is 24.6 Å². The van der Waals surface area contributed by atoms with Gasteiger partial charge in [-0.2, -0.15) is 0 Å². The second-order valence-electron chi connectivity index (χ2n) is 7.51. The molecule has 0 aromatic rings. The number of nitrogens with zero attached hydrogens (tertiary/aromatic N) is 3. The predicted octanol–water partition coefficient (Wildman–Crippen LogP) is 0.783. The lowest BCUT2D eigenvalue weighted by atomic mass is 10.1. The van der Waals surface area contributed by atoms with Crippen molar-refractivity contribution in [3.63, 3.8) is 0 Å². The zero-order valence-electron chi connectivity index (χ0n) is 15.8. The molecule has 0 spiro atoms. The van der Waals surface area contributed by atoms with E-state index in [2.05, 4.69) is 15.6 Å². The van der Waals surface area contributed by atoms with Gasteiger partial charge in [0, 0.05) is 32.7 Å². The van der Waals surface area contributed by atoms with E-state index in [1.165, 1.54) is 0 Å². The summed E-state index contributed by atoms with van der Waals surface area (Å²) in [6, 6.07) is 0.118. The fourth-order valence-electron chi connectivity index (χ4n) is 2.77. The van der Waals surface area contributed by atoms with Crippen molar-refractivity contribution in [2.24, 2.45) is 4.99 Å². The Morgan fingerprint density at radius 1 is 1.16 bits per heavy atom. The minimum Gasteiger partial charge on any atom is -0.444 e. The molecule has 0 unspecified atom stereocenters. The summed E-state index contributed by atoms with van der Waals surface area (Å²) in [6.45, 7) is 11.2. The Labute approximate surface area is 150 Å². The van der Waals surface area contributed by atoms with E-state index >= 15 is 0 Å². The highest BCUT2D eigenvalue weighted by molar-refractivity contribution is 5.85. The molecule has 0 saturated carbocycles. The molecule has 2 aliphatic rings. The van der Waals surface area contributed by atoms with Crippen LogP contribution in [0.15, 0.2) is 4.99 Å². The lowest BCUT2D eigenvalue weighted by molar-refractivity contribution is -0.128. The molecule has 2 heterocycles. The summed E-state index contributed by atoms with van der Waals surface area (Å²) in [4.78, 5) is 31.9. The Morgan fingerprint density at radius 2 is 1.80 bits per heavy atom. The number of rotatable bonds is 4. The van der Waals surface area contributed by atoms with Crippen LogP contribution in [0.2, 0.25) is 0 Å².